The van der Waals surface area contributed by atoms with Gasteiger partial charge in [-0.05, 0) is 20.3 Å². The van der Waals surface area contributed by atoms with E-state index in [2.05, 4.69) is 36.4 Å². The summed E-state index contributed by atoms with van der Waals surface area (Å²) in [6.07, 6.45) is 5.06. The van der Waals surface area contributed by atoms with Gasteiger partial charge in [-0.25, -0.2) is 0 Å². The molecule has 4 heteroatoms. The fourth-order valence-corrected chi connectivity index (χ4v) is 1.35. The number of nitrogens with zero attached hydrogens (tertiary/aromatic N) is 1. The molecule has 0 atom stereocenters. The summed E-state index contributed by atoms with van der Waals surface area (Å²) in [7, 11) is 3.52. The quantitative estimate of drug-likeness (QED) is 0.390. The van der Waals surface area contributed by atoms with E-state index >= 15 is 0 Å². The van der Waals surface area contributed by atoms with Crippen LogP contribution in [0.5, 0.6) is 0 Å². The average Bonchev–Trinajstić information content (AvgIpc) is 2.32. The third-order valence-electron chi connectivity index (χ3n) is 2.78. The van der Waals surface area contributed by atoms with E-state index in [9.17, 15) is 0 Å². The molecule has 17 heavy (non-hydrogen) atoms. The number of hydrogen-bond acceptors (Lipinski definition) is 2. The van der Waals surface area contributed by atoms with Gasteiger partial charge in [0.05, 0.1) is 5.60 Å². The molecule has 0 spiro atoms. The number of nitrogens with one attached hydrogen (secondary N) is 2. The SMILES string of the molecule is CCCCCCNC(=NC)NCC(C)(C)OC. The summed E-state index contributed by atoms with van der Waals surface area (Å²) in [6.45, 7) is 8.05. The van der Waals surface area contributed by atoms with Gasteiger partial charge >= 0.3 is 0 Å². The van der Waals surface area contributed by atoms with Crippen molar-refractivity contribution in [2.75, 3.05) is 27.2 Å². The molecule has 0 aliphatic rings. The Morgan fingerprint density at radius 1 is 1.18 bits per heavy atom. The van der Waals surface area contributed by atoms with Crippen molar-refractivity contribution < 1.29 is 4.74 Å². The maximum Gasteiger partial charge on any atom is 0.191 e. The molecule has 0 saturated carbocycles. The Morgan fingerprint density at radius 2 is 1.88 bits per heavy atom. The minimum absolute atomic E-state index is 0.167. The molecule has 0 radical (unpaired) electrons. The van der Waals surface area contributed by atoms with Crippen LogP contribution in [-0.4, -0.2) is 38.8 Å². The van der Waals surface area contributed by atoms with E-state index < -0.39 is 0 Å². The second kappa shape index (κ2) is 9.28. The van der Waals surface area contributed by atoms with Gasteiger partial charge in [0.25, 0.3) is 0 Å². The fourth-order valence-electron chi connectivity index (χ4n) is 1.35. The number of guanidine groups is 1. The molecule has 0 unspecified atom stereocenters. The van der Waals surface area contributed by atoms with Gasteiger partial charge in [0.15, 0.2) is 5.96 Å². The first kappa shape index (κ1) is 16.2. The summed E-state index contributed by atoms with van der Waals surface area (Å²) in [6, 6.07) is 0. The van der Waals surface area contributed by atoms with Crippen molar-refractivity contribution in [1.82, 2.24) is 10.6 Å². The lowest BCUT2D eigenvalue weighted by Crippen LogP contribution is -2.45. The maximum absolute atomic E-state index is 5.34. The first-order chi connectivity index (χ1) is 8.05. The summed E-state index contributed by atoms with van der Waals surface area (Å²) in [5, 5.41) is 6.57. The lowest BCUT2D eigenvalue weighted by Gasteiger charge is -2.24. The molecular weight excluding hydrogens is 214 g/mol. The first-order valence-electron chi connectivity index (χ1n) is 6.55. The molecule has 0 aromatic heterocycles. The van der Waals surface area contributed by atoms with Crippen LogP contribution in [0.25, 0.3) is 0 Å². The summed E-state index contributed by atoms with van der Waals surface area (Å²) in [5.74, 6) is 0.853. The van der Waals surface area contributed by atoms with Crippen molar-refractivity contribution in [1.29, 1.82) is 0 Å². The molecule has 0 heterocycles. The van der Waals surface area contributed by atoms with Crippen LogP contribution >= 0.6 is 0 Å². The molecule has 0 fully saturated rings. The molecular formula is C13H29N3O. The van der Waals surface area contributed by atoms with E-state index in [-0.39, 0.29) is 5.60 Å². The Labute approximate surface area is 106 Å². The smallest absolute Gasteiger partial charge is 0.191 e. The molecule has 102 valence electrons. The minimum Gasteiger partial charge on any atom is -0.377 e. The molecule has 2 N–H and O–H groups in total. The summed E-state index contributed by atoms with van der Waals surface area (Å²) >= 11 is 0. The lowest BCUT2D eigenvalue weighted by atomic mass is 10.1. The fraction of sp³-hybridized carbons (Fsp3) is 0.923. The van der Waals surface area contributed by atoms with Crippen LogP contribution in [0, 0.1) is 0 Å². The van der Waals surface area contributed by atoms with Gasteiger partial charge in [0, 0.05) is 27.2 Å². The largest absolute Gasteiger partial charge is 0.377 e. The van der Waals surface area contributed by atoms with E-state index in [1.807, 2.05) is 0 Å². The van der Waals surface area contributed by atoms with Crippen LogP contribution in [0.2, 0.25) is 0 Å². The molecule has 0 saturated heterocycles. The number of methoxy groups -OCH3 is 1. The molecule has 4 nitrogen and oxygen atoms in total. The average molecular weight is 243 g/mol. The van der Waals surface area contributed by atoms with Gasteiger partial charge in [-0.1, -0.05) is 26.2 Å². The van der Waals surface area contributed by atoms with Crippen LogP contribution in [0.4, 0.5) is 0 Å². The molecule has 0 aromatic rings. The number of ether oxygens (including phenoxy) is 1. The van der Waals surface area contributed by atoms with E-state index in [4.69, 9.17) is 4.74 Å². The van der Waals surface area contributed by atoms with Crippen molar-refractivity contribution >= 4 is 5.96 Å². The number of aliphatic imine (C=N–C) groups is 1. The predicted octanol–water partition coefficient (Wildman–Crippen LogP) is 2.16. The maximum atomic E-state index is 5.34. The summed E-state index contributed by atoms with van der Waals surface area (Å²) in [4.78, 5) is 4.18. The van der Waals surface area contributed by atoms with Crippen molar-refractivity contribution in [2.24, 2.45) is 4.99 Å². The third kappa shape index (κ3) is 8.98. The molecule has 0 bridgehead atoms. The Bertz CT molecular complexity index is 215. The van der Waals surface area contributed by atoms with Crippen molar-refractivity contribution in [3.05, 3.63) is 0 Å². The van der Waals surface area contributed by atoms with Crippen LogP contribution < -0.4 is 10.6 Å². The van der Waals surface area contributed by atoms with Gasteiger partial charge in [-0.3, -0.25) is 4.99 Å². The van der Waals surface area contributed by atoms with Crippen LogP contribution in [0.15, 0.2) is 4.99 Å². The zero-order chi connectivity index (χ0) is 13.1. The van der Waals surface area contributed by atoms with E-state index in [0.29, 0.717) is 0 Å². The third-order valence-corrected chi connectivity index (χ3v) is 2.78. The van der Waals surface area contributed by atoms with Gasteiger partial charge in [0.2, 0.25) is 0 Å². The minimum atomic E-state index is -0.167. The zero-order valence-electron chi connectivity index (χ0n) is 12.1. The highest BCUT2D eigenvalue weighted by Crippen LogP contribution is 2.04. The Hall–Kier alpha value is -0.770. The lowest BCUT2D eigenvalue weighted by molar-refractivity contribution is 0.0268. The van der Waals surface area contributed by atoms with E-state index in [1.165, 1.54) is 25.7 Å². The predicted molar refractivity (Wildman–Crippen MR) is 74.6 cm³/mol. The van der Waals surface area contributed by atoms with Gasteiger partial charge < -0.3 is 15.4 Å². The van der Waals surface area contributed by atoms with Crippen LogP contribution in [0.1, 0.15) is 46.5 Å². The molecule has 0 aliphatic heterocycles. The van der Waals surface area contributed by atoms with Crippen molar-refractivity contribution in [3.63, 3.8) is 0 Å². The second-order valence-corrected chi connectivity index (χ2v) is 4.88. The highest BCUT2D eigenvalue weighted by molar-refractivity contribution is 5.79. The van der Waals surface area contributed by atoms with Gasteiger partial charge in [0.1, 0.15) is 0 Å². The summed E-state index contributed by atoms with van der Waals surface area (Å²) < 4.78 is 5.34. The summed E-state index contributed by atoms with van der Waals surface area (Å²) in [5.41, 5.74) is -0.167. The van der Waals surface area contributed by atoms with E-state index in [1.54, 1.807) is 14.2 Å². The van der Waals surface area contributed by atoms with Crippen molar-refractivity contribution in [3.8, 4) is 0 Å². The molecule has 0 rings (SSSR count). The Morgan fingerprint density at radius 3 is 2.41 bits per heavy atom. The van der Waals surface area contributed by atoms with Gasteiger partial charge in [-0.2, -0.15) is 0 Å². The highest BCUT2D eigenvalue weighted by atomic mass is 16.5. The molecule has 0 aliphatic carbocycles. The molecule has 0 aromatic carbocycles. The van der Waals surface area contributed by atoms with Crippen LogP contribution in [0.3, 0.4) is 0 Å². The number of unbranched alkanes of at least 4 members (excludes halogenated alkanes) is 3. The zero-order valence-corrected chi connectivity index (χ0v) is 12.1. The first-order valence-corrected chi connectivity index (χ1v) is 6.55. The van der Waals surface area contributed by atoms with Gasteiger partial charge in [-0.15, -0.1) is 0 Å². The van der Waals surface area contributed by atoms with Crippen LogP contribution in [-0.2, 0) is 4.74 Å². The monoisotopic (exact) mass is 243 g/mol. The number of rotatable bonds is 8. The van der Waals surface area contributed by atoms with Crippen molar-refractivity contribution in [2.45, 2.75) is 52.1 Å². The highest BCUT2D eigenvalue weighted by Gasteiger charge is 2.16. The number of hydrogen-bond donors (Lipinski definition) is 2. The Balaban J connectivity index is 3.71. The van der Waals surface area contributed by atoms with E-state index in [0.717, 1.165) is 19.0 Å². The topological polar surface area (TPSA) is 45.7 Å². The second-order valence-electron chi connectivity index (χ2n) is 4.88. The normalized spacial score (nSPS) is 12.6. The standard InChI is InChI=1S/C13H29N3O/c1-6-7-8-9-10-15-12(14-4)16-11-13(2,3)17-5/h6-11H2,1-5H3,(H2,14,15,16). The molecule has 0 amide bonds. The Kier molecular flexibility index (Phi) is 8.86.